The van der Waals surface area contributed by atoms with Crippen LogP contribution in [0.4, 0.5) is 0 Å². The van der Waals surface area contributed by atoms with Gasteiger partial charge in [0.05, 0.1) is 5.54 Å². The van der Waals surface area contributed by atoms with E-state index in [1.165, 1.54) is 0 Å². The van der Waals surface area contributed by atoms with Crippen LogP contribution in [-0.2, 0) is 9.59 Å². The third-order valence-corrected chi connectivity index (χ3v) is 3.86. The first-order valence-electron chi connectivity index (χ1n) is 6.89. The first-order valence-corrected chi connectivity index (χ1v) is 6.89. The lowest BCUT2D eigenvalue weighted by atomic mass is 9.97. The Morgan fingerprint density at radius 3 is 2.63 bits per heavy atom. The second-order valence-corrected chi connectivity index (χ2v) is 5.65. The maximum Gasteiger partial charge on any atom is 0.242 e. The summed E-state index contributed by atoms with van der Waals surface area (Å²) in [4.78, 5) is 27.1. The van der Waals surface area contributed by atoms with E-state index in [0.717, 1.165) is 38.9 Å². The van der Waals surface area contributed by atoms with Gasteiger partial charge in [-0.15, -0.1) is 0 Å². The highest BCUT2D eigenvalue weighted by Gasteiger charge is 2.39. The molecule has 0 aromatic rings. The fraction of sp³-hybridized carbons (Fsp3) is 0.846. The molecular weight excluding hydrogens is 244 g/mol. The summed E-state index contributed by atoms with van der Waals surface area (Å²) in [6.07, 6.45) is 3.29. The van der Waals surface area contributed by atoms with Crippen LogP contribution in [0.2, 0.25) is 0 Å². The summed E-state index contributed by atoms with van der Waals surface area (Å²) in [5.74, 6) is 5.08. The van der Waals surface area contributed by atoms with Crippen LogP contribution in [0, 0.1) is 0 Å². The Morgan fingerprint density at radius 1 is 1.32 bits per heavy atom. The van der Waals surface area contributed by atoms with Crippen LogP contribution in [0.3, 0.4) is 0 Å². The van der Waals surface area contributed by atoms with Crippen molar-refractivity contribution in [3.05, 3.63) is 0 Å². The van der Waals surface area contributed by atoms with Crippen molar-refractivity contribution in [2.45, 2.75) is 45.1 Å². The number of amides is 2. The Morgan fingerprint density at radius 2 is 2.00 bits per heavy atom. The first kappa shape index (κ1) is 15.9. The third kappa shape index (κ3) is 4.18. The number of hydrogen-bond donors (Lipinski definition) is 2. The summed E-state index contributed by atoms with van der Waals surface area (Å²) < 4.78 is 0. The SMILES string of the molecule is CN1CCN(CCCCCC(=O)NN)C(C)(C)C1=O. The third-order valence-electron chi connectivity index (χ3n) is 3.86. The molecule has 1 fully saturated rings. The maximum atomic E-state index is 12.1. The highest BCUT2D eigenvalue weighted by molar-refractivity contribution is 5.86. The van der Waals surface area contributed by atoms with Gasteiger partial charge in [-0.3, -0.25) is 19.9 Å². The number of piperazine rings is 1. The van der Waals surface area contributed by atoms with Gasteiger partial charge in [0.15, 0.2) is 0 Å². The number of nitrogens with one attached hydrogen (secondary N) is 1. The number of hydrogen-bond acceptors (Lipinski definition) is 4. The summed E-state index contributed by atoms with van der Waals surface area (Å²) >= 11 is 0. The van der Waals surface area contributed by atoms with Gasteiger partial charge in [-0.2, -0.15) is 0 Å². The van der Waals surface area contributed by atoms with Crippen molar-refractivity contribution >= 4 is 11.8 Å². The van der Waals surface area contributed by atoms with Crippen molar-refractivity contribution < 1.29 is 9.59 Å². The van der Waals surface area contributed by atoms with Gasteiger partial charge in [0, 0.05) is 26.6 Å². The molecule has 0 bridgehead atoms. The highest BCUT2D eigenvalue weighted by Crippen LogP contribution is 2.22. The molecule has 0 aliphatic carbocycles. The maximum absolute atomic E-state index is 12.1. The van der Waals surface area contributed by atoms with Gasteiger partial charge >= 0.3 is 0 Å². The summed E-state index contributed by atoms with van der Waals surface area (Å²) in [7, 11) is 1.85. The Kier molecular flexibility index (Phi) is 5.75. The van der Waals surface area contributed by atoms with Crippen molar-refractivity contribution in [2.75, 3.05) is 26.7 Å². The molecule has 0 aromatic carbocycles. The number of rotatable bonds is 6. The quantitative estimate of drug-likeness (QED) is 0.310. The van der Waals surface area contributed by atoms with Crippen molar-refractivity contribution in [1.82, 2.24) is 15.2 Å². The van der Waals surface area contributed by atoms with Crippen LogP contribution >= 0.6 is 0 Å². The Labute approximate surface area is 115 Å². The molecule has 0 aromatic heterocycles. The fourth-order valence-corrected chi connectivity index (χ4v) is 2.48. The van der Waals surface area contributed by atoms with Crippen molar-refractivity contribution in [1.29, 1.82) is 0 Å². The molecule has 0 spiro atoms. The predicted octanol–water partition coefficient (Wildman–Crippen LogP) is 0.0893. The van der Waals surface area contributed by atoms with Gasteiger partial charge in [0.1, 0.15) is 0 Å². The average molecular weight is 270 g/mol. The van der Waals surface area contributed by atoms with E-state index in [2.05, 4.69) is 10.3 Å². The molecule has 1 saturated heterocycles. The molecular formula is C13H26N4O2. The first-order chi connectivity index (χ1) is 8.89. The zero-order valence-corrected chi connectivity index (χ0v) is 12.2. The minimum atomic E-state index is -0.415. The number of hydrazine groups is 1. The van der Waals surface area contributed by atoms with Gasteiger partial charge in [-0.1, -0.05) is 6.42 Å². The number of unbranched alkanes of at least 4 members (excludes halogenated alkanes) is 2. The number of carbonyl (C=O) groups excluding carboxylic acids is 2. The number of carbonyl (C=O) groups is 2. The lowest BCUT2D eigenvalue weighted by Gasteiger charge is -2.44. The second kappa shape index (κ2) is 6.86. The van der Waals surface area contributed by atoms with Crippen LogP contribution in [-0.4, -0.2) is 53.8 Å². The molecule has 0 radical (unpaired) electrons. The molecule has 3 N–H and O–H groups in total. The van der Waals surface area contributed by atoms with E-state index in [-0.39, 0.29) is 11.8 Å². The van der Waals surface area contributed by atoms with Crippen LogP contribution in [0.15, 0.2) is 0 Å². The highest BCUT2D eigenvalue weighted by atomic mass is 16.2. The molecule has 0 atom stereocenters. The standard InChI is InChI=1S/C13H26N4O2/c1-13(2)12(19)16(3)9-10-17(13)8-6-4-5-7-11(18)15-14/h4-10,14H2,1-3H3,(H,15,18). The molecule has 6 heteroatoms. The monoisotopic (exact) mass is 270 g/mol. The van der Waals surface area contributed by atoms with E-state index in [9.17, 15) is 9.59 Å². The molecule has 1 rings (SSSR count). The van der Waals surface area contributed by atoms with Crippen LogP contribution in [0.25, 0.3) is 0 Å². The van der Waals surface area contributed by atoms with Crippen molar-refractivity contribution in [3.63, 3.8) is 0 Å². The fourth-order valence-electron chi connectivity index (χ4n) is 2.48. The minimum Gasteiger partial charge on any atom is -0.343 e. The van der Waals surface area contributed by atoms with Crippen LogP contribution in [0.5, 0.6) is 0 Å². The Hall–Kier alpha value is -1.14. The lowest BCUT2D eigenvalue weighted by Crippen LogP contribution is -2.62. The van der Waals surface area contributed by atoms with Crippen molar-refractivity contribution in [3.8, 4) is 0 Å². The summed E-state index contributed by atoms with van der Waals surface area (Å²) in [6.45, 7) is 6.56. The van der Waals surface area contributed by atoms with Gasteiger partial charge in [0.2, 0.25) is 11.8 Å². The summed E-state index contributed by atoms with van der Waals surface area (Å²) in [6, 6.07) is 0. The normalized spacial score (nSPS) is 19.6. The lowest BCUT2D eigenvalue weighted by molar-refractivity contribution is -0.147. The van der Waals surface area contributed by atoms with Gasteiger partial charge in [0.25, 0.3) is 0 Å². The van der Waals surface area contributed by atoms with Gasteiger partial charge in [-0.25, -0.2) is 5.84 Å². The molecule has 1 aliphatic heterocycles. The van der Waals surface area contributed by atoms with E-state index in [4.69, 9.17) is 5.84 Å². The van der Waals surface area contributed by atoms with Crippen LogP contribution < -0.4 is 11.3 Å². The summed E-state index contributed by atoms with van der Waals surface area (Å²) in [5.41, 5.74) is 1.71. The van der Waals surface area contributed by atoms with E-state index in [0.29, 0.717) is 6.42 Å². The Balaban J connectivity index is 2.29. The number of likely N-dealkylation sites (N-methyl/N-ethyl adjacent to an activating group) is 1. The zero-order chi connectivity index (χ0) is 14.5. The topological polar surface area (TPSA) is 78.7 Å². The Bertz CT molecular complexity index is 331. The average Bonchev–Trinajstić information content (AvgIpc) is 2.38. The van der Waals surface area contributed by atoms with Crippen LogP contribution in [0.1, 0.15) is 39.5 Å². The molecule has 0 saturated carbocycles. The molecule has 110 valence electrons. The molecule has 1 aliphatic rings. The second-order valence-electron chi connectivity index (χ2n) is 5.65. The zero-order valence-electron chi connectivity index (χ0n) is 12.2. The molecule has 1 heterocycles. The van der Waals surface area contributed by atoms with E-state index < -0.39 is 5.54 Å². The molecule has 19 heavy (non-hydrogen) atoms. The predicted molar refractivity (Wildman–Crippen MR) is 74.1 cm³/mol. The molecule has 0 unspecified atom stereocenters. The molecule has 6 nitrogen and oxygen atoms in total. The summed E-state index contributed by atoms with van der Waals surface area (Å²) in [5, 5.41) is 0. The van der Waals surface area contributed by atoms with Crippen molar-refractivity contribution in [2.24, 2.45) is 5.84 Å². The number of nitrogens with zero attached hydrogens (tertiary/aromatic N) is 2. The van der Waals surface area contributed by atoms with Gasteiger partial charge < -0.3 is 4.90 Å². The van der Waals surface area contributed by atoms with E-state index in [1.807, 2.05) is 20.9 Å². The van der Waals surface area contributed by atoms with E-state index >= 15 is 0 Å². The van der Waals surface area contributed by atoms with Gasteiger partial charge in [-0.05, 0) is 33.2 Å². The molecule has 2 amide bonds. The minimum absolute atomic E-state index is 0.116. The van der Waals surface area contributed by atoms with E-state index in [1.54, 1.807) is 4.90 Å². The number of nitrogens with two attached hydrogens (primary N) is 1. The smallest absolute Gasteiger partial charge is 0.242 e. The largest absolute Gasteiger partial charge is 0.343 e.